The molecule has 0 bridgehead atoms. The molecule has 3 aliphatic rings. The molecule has 3 atom stereocenters. The van der Waals surface area contributed by atoms with Gasteiger partial charge in [-0.15, -0.1) is 23.1 Å². The molecule has 0 aromatic carbocycles. The molecule has 2 amide bonds. The molecule has 3 aliphatic heterocycles. The van der Waals surface area contributed by atoms with Crippen LogP contribution in [0.25, 0.3) is 0 Å². The van der Waals surface area contributed by atoms with Gasteiger partial charge < -0.3 is 31.6 Å². The van der Waals surface area contributed by atoms with Crippen molar-refractivity contribution < 1.29 is 24.3 Å². The Labute approximate surface area is 237 Å². The predicted molar refractivity (Wildman–Crippen MR) is 152 cm³/mol. The van der Waals surface area contributed by atoms with E-state index in [0.717, 1.165) is 17.9 Å². The van der Waals surface area contributed by atoms with E-state index in [1.54, 1.807) is 18.4 Å². The number of carboxylic acids is 1. The van der Waals surface area contributed by atoms with E-state index in [-0.39, 0.29) is 35.0 Å². The minimum Gasteiger partial charge on any atom is -0.477 e. The number of hydrogen-bond donors (Lipinski definition) is 5. The van der Waals surface area contributed by atoms with Crippen LogP contribution in [0.5, 0.6) is 0 Å². The molecule has 4 heterocycles. The van der Waals surface area contributed by atoms with E-state index in [1.807, 2.05) is 18.9 Å². The fraction of sp³-hybridized carbons (Fsp3) is 0.455. The van der Waals surface area contributed by atoms with Gasteiger partial charge in [-0.25, -0.2) is 14.8 Å². The highest BCUT2D eigenvalue weighted by molar-refractivity contribution is 8.14. The second-order valence-electron chi connectivity index (χ2n) is 8.43. The van der Waals surface area contributed by atoms with Gasteiger partial charge in [0.25, 0.3) is 11.8 Å². The zero-order valence-corrected chi connectivity index (χ0v) is 23.9. The van der Waals surface area contributed by atoms with Crippen molar-refractivity contribution in [1.29, 1.82) is 0 Å². The van der Waals surface area contributed by atoms with Crippen molar-refractivity contribution in [3.05, 3.63) is 34.2 Å². The number of carbonyl (C=O) groups excluding carboxylic acids is 2. The summed E-state index contributed by atoms with van der Waals surface area (Å²) >= 11 is 3.85. The van der Waals surface area contributed by atoms with E-state index < -0.39 is 29.2 Å². The predicted octanol–water partition coefficient (Wildman–Crippen LogP) is -0.0252. The van der Waals surface area contributed by atoms with Crippen LogP contribution in [0.1, 0.15) is 19.5 Å². The maximum absolute atomic E-state index is 13.1. The van der Waals surface area contributed by atoms with Gasteiger partial charge in [0.1, 0.15) is 41.4 Å². The van der Waals surface area contributed by atoms with Crippen LogP contribution in [0.4, 0.5) is 5.13 Å². The number of likely N-dealkylation sites (N-methyl/N-ethyl adjacent to an activating group) is 2. The van der Waals surface area contributed by atoms with Crippen molar-refractivity contribution in [2.24, 2.45) is 15.9 Å². The topological polar surface area (TPSA) is 201 Å². The number of thiazole rings is 1. The number of β-lactam (4-membered cyclic amide) rings is 1. The van der Waals surface area contributed by atoms with Crippen molar-refractivity contribution in [2.45, 2.75) is 31.4 Å². The Morgan fingerprint density at radius 1 is 1.36 bits per heavy atom. The summed E-state index contributed by atoms with van der Waals surface area (Å²) in [6.07, 6.45) is 1.67. The Balaban J connectivity index is 1.48. The standard InChI is InChI=1S/C22H29N9O5S3/c1-4-25-13-6-12(23)27-22(30(13)3)39-8-10-7-37-19-15(18(33)31(19)16(10)20(34)35)28-17(32)14(29-36-5-2)11-9-38-21(24)26-11/h6,9,13,15,19,25H,4-5,7-8,23H2,1-3H3,(H2,24,26)(H,28,32)(H,34,35)/b29-14-/t13?,15?,19-/m0/s1. The number of anilines is 1. The van der Waals surface area contributed by atoms with Gasteiger partial charge in [0, 0.05) is 23.9 Å². The number of amidine groups is 1. The Morgan fingerprint density at radius 3 is 2.77 bits per heavy atom. The average molecular weight is 596 g/mol. The first kappa shape index (κ1) is 28.7. The molecule has 1 fully saturated rings. The molecule has 0 spiro atoms. The highest BCUT2D eigenvalue weighted by Crippen LogP contribution is 2.41. The first-order chi connectivity index (χ1) is 18.7. The van der Waals surface area contributed by atoms with Crippen molar-refractivity contribution in [2.75, 3.05) is 37.4 Å². The highest BCUT2D eigenvalue weighted by atomic mass is 32.2. The first-order valence-corrected chi connectivity index (χ1v) is 14.8. The van der Waals surface area contributed by atoms with Crippen LogP contribution in [0.3, 0.4) is 0 Å². The SMILES string of the molecule is CCNC1C=C(N)N=C(SCC2=C(C(=O)O)N3C(=O)C(NC(=O)/C(=N\OCC)c4csc(N)n4)[C@@H]3SC2)N1C. The Kier molecular flexibility index (Phi) is 9.04. The van der Waals surface area contributed by atoms with Crippen LogP contribution >= 0.6 is 34.9 Å². The molecule has 0 radical (unpaired) electrons. The number of nitrogens with zero attached hydrogens (tertiary/aromatic N) is 5. The molecule has 0 aliphatic carbocycles. The van der Waals surface area contributed by atoms with Gasteiger partial charge in [-0.2, -0.15) is 0 Å². The van der Waals surface area contributed by atoms with Crippen LogP contribution in [0.15, 0.2) is 38.7 Å². The number of hydrogen-bond acceptors (Lipinski definition) is 14. The number of carboxylic acid groups (broad SMARTS) is 1. The maximum Gasteiger partial charge on any atom is 0.352 e. The van der Waals surface area contributed by atoms with E-state index in [4.69, 9.17) is 16.3 Å². The average Bonchev–Trinajstić information content (AvgIpc) is 3.33. The van der Waals surface area contributed by atoms with E-state index in [2.05, 4.69) is 25.8 Å². The minimum absolute atomic E-state index is 0.0805. The number of nitrogens with one attached hydrogen (secondary N) is 2. The molecule has 1 aromatic rings. The largest absolute Gasteiger partial charge is 0.477 e. The third-order valence-electron chi connectivity index (χ3n) is 5.86. The number of aliphatic imine (C=N–C) groups is 1. The van der Waals surface area contributed by atoms with Crippen molar-refractivity contribution in [1.82, 2.24) is 25.4 Å². The number of nitrogen functional groups attached to an aromatic ring is 1. The lowest BCUT2D eigenvalue weighted by molar-refractivity contribution is -0.150. The number of aliphatic carboxylic acids is 1. The molecule has 210 valence electrons. The lowest BCUT2D eigenvalue weighted by Crippen LogP contribution is -2.71. The molecule has 39 heavy (non-hydrogen) atoms. The number of amides is 2. The molecule has 4 rings (SSSR count). The van der Waals surface area contributed by atoms with Crippen molar-refractivity contribution in [3.63, 3.8) is 0 Å². The second kappa shape index (κ2) is 12.3. The molecule has 1 aromatic heterocycles. The number of rotatable bonds is 10. The van der Waals surface area contributed by atoms with Gasteiger partial charge in [-0.3, -0.25) is 19.8 Å². The summed E-state index contributed by atoms with van der Waals surface area (Å²) in [5.74, 6) is -1.38. The van der Waals surface area contributed by atoms with Gasteiger partial charge >= 0.3 is 5.97 Å². The molecule has 17 heteroatoms. The normalized spacial score (nSPS) is 23.1. The highest BCUT2D eigenvalue weighted by Gasteiger charge is 2.54. The molecule has 7 N–H and O–H groups in total. The van der Waals surface area contributed by atoms with E-state index in [1.165, 1.54) is 28.4 Å². The van der Waals surface area contributed by atoms with E-state index >= 15 is 0 Å². The maximum atomic E-state index is 13.1. The Hall–Kier alpha value is -3.28. The lowest BCUT2D eigenvalue weighted by atomic mass is 10.0. The number of thioether (sulfide) groups is 2. The molecule has 14 nitrogen and oxygen atoms in total. The number of fused-ring (bicyclic) bond motifs is 1. The summed E-state index contributed by atoms with van der Waals surface area (Å²) in [6.45, 7) is 4.65. The third-order valence-corrected chi connectivity index (χ3v) is 9.01. The van der Waals surface area contributed by atoms with Gasteiger partial charge in [-0.05, 0) is 25.1 Å². The fourth-order valence-corrected chi connectivity index (χ4v) is 7.10. The summed E-state index contributed by atoms with van der Waals surface area (Å²) in [5.41, 5.74) is 12.3. The minimum atomic E-state index is -1.21. The lowest BCUT2D eigenvalue weighted by Gasteiger charge is -2.49. The number of oxime groups is 1. The Morgan fingerprint density at radius 2 is 2.13 bits per heavy atom. The number of aromatic nitrogens is 1. The van der Waals surface area contributed by atoms with E-state index in [0.29, 0.717) is 28.1 Å². The number of nitrogens with two attached hydrogens (primary N) is 2. The van der Waals surface area contributed by atoms with Gasteiger partial charge in [0.2, 0.25) is 0 Å². The van der Waals surface area contributed by atoms with Crippen LogP contribution in [-0.2, 0) is 19.2 Å². The zero-order chi connectivity index (χ0) is 28.3. The fourth-order valence-electron chi connectivity index (χ4n) is 4.04. The third kappa shape index (κ3) is 6.00. The van der Waals surface area contributed by atoms with Crippen LogP contribution in [0.2, 0.25) is 0 Å². The monoisotopic (exact) mass is 595 g/mol. The molecule has 1 saturated heterocycles. The molecular weight excluding hydrogens is 567 g/mol. The second-order valence-corrected chi connectivity index (χ2v) is 11.4. The first-order valence-electron chi connectivity index (χ1n) is 11.9. The smallest absolute Gasteiger partial charge is 0.352 e. The molecular formula is C22H29N9O5S3. The summed E-state index contributed by atoms with van der Waals surface area (Å²) in [5, 5.41) is 21.7. The van der Waals surface area contributed by atoms with Crippen molar-refractivity contribution in [3.8, 4) is 0 Å². The zero-order valence-electron chi connectivity index (χ0n) is 21.4. The van der Waals surface area contributed by atoms with Crippen LogP contribution in [0, 0.1) is 0 Å². The van der Waals surface area contributed by atoms with Crippen LogP contribution in [-0.4, -0.2) is 97.8 Å². The van der Waals surface area contributed by atoms with Gasteiger partial charge in [0.15, 0.2) is 16.0 Å². The summed E-state index contributed by atoms with van der Waals surface area (Å²) in [4.78, 5) is 55.0. The quantitative estimate of drug-likeness (QED) is 0.138. The van der Waals surface area contributed by atoms with E-state index in [9.17, 15) is 19.5 Å². The Bertz CT molecular complexity index is 1280. The summed E-state index contributed by atoms with van der Waals surface area (Å²) in [6, 6.07) is -0.937. The molecule has 0 saturated carbocycles. The van der Waals surface area contributed by atoms with Gasteiger partial charge in [0.05, 0.1) is 0 Å². The van der Waals surface area contributed by atoms with Gasteiger partial charge in [-0.1, -0.05) is 23.8 Å². The van der Waals surface area contributed by atoms with Crippen molar-refractivity contribution >= 4 is 68.7 Å². The molecule has 2 unspecified atom stereocenters. The van der Waals surface area contributed by atoms with Crippen LogP contribution < -0.4 is 22.1 Å². The summed E-state index contributed by atoms with van der Waals surface area (Å²) in [7, 11) is 1.87. The summed E-state index contributed by atoms with van der Waals surface area (Å²) < 4.78 is 0. The number of carbonyl (C=O) groups is 3.